The Balaban J connectivity index is 1.99. The molecule has 0 saturated heterocycles. The first-order chi connectivity index (χ1) is 10.1. The highest BCUT2D eigenvalue weighted by atomic mass is 32.1. The molecular formula is C16H17NO2S2. The maximum absolute atomic E-state index is 12.2. The summed E-state index contributed by atoms with van der Waals surface area (Å²) >= 11 is 3.14. The normalized spacial score (nSPS) is 11.6. The first kappa shape index (κ1) is 15.8. The van der Waals surface area contributed by atoms with Gasteiger partial charge in [-0.1, -0.05) is 11.8 Å². The molecule has 21 heavy (non-hydrogen) atoms. The van der Waals surface area contributed by atoms with Crippen molar-refractivity contribution in [2.45, 2.75) is 26.3 Å². The molecule has 0 aliphatic rings. The zero-order chi connectivity index (χ0) is 15.2. The first-order valence-corrected chi connectivity index (χ1v) is 8.35. The van der Waals surface area contributed by atoms with Crippen molar-refractivity contribution in [2.75, 3.05) is 6.61 Å². The topological polar surface area (TPSA) is 49.3 Å². The number of nitrogens with one attached hydrogen (secondary N) is 1. The summed E-state index contributed by atoms with van der Waals surface area (Å²) in [5.41, 5.74) is 0.633. The lowest BCUT2D eigenvalue weighted by atomic mass is 10.2. The van der Waals surface area contributed by atoms with Crippen molar-refractivity contribution in [3.05, 3.63) is 43.8 Å². The van der Waals surface area contributed by atoms with Gasteiger partial charge in [-0.15, -0.1) is 22.7 Å². The maximum Gasteiger partial charge on any atom is 0.252 e. The van der Waals surface area contributed by atoms with E-state index in [1.807, 2.05) is 18.4 Å². The number of aliphatic hydroxyl groups excluding tert-OH is 1. The van der Waals surface area contributed by atoms with Crippen molar-refractivity contribution >= 4 is 28.6 Å². The predicted molar refractivity (Wildman–Crippen MR) is 87.8 cm³/mol. The van der Waals surface area contributed by atoms with Gasteiger partial charge in [0, 0.05) is 21.6 Å². The van der Waals surface area contributed by atoms with Gasteiger partial charge in [-0.3, -0.25) is 4.79 Å². The summed E-state index contributed by atoms with van der Waals surface area (Å²) < 4.78 is 0. The van der Waals surface area contributed by atoms with E-state index in [4.69, 9.17) is 5.11 Å². The highest BCUT2D eigenvalue weighted by Gasteiger charge is 2.13. The maximum atomic E-state index is 12.2. The summed E-state index contributed by atoms with van der Waals surface area (Å²) in [5.74, 6) is 5.71. The SMILES string of the molecule is Cc1ccc(C(C)NC(=O)c2csc(C#CCCO)c2)s1. The Morgan fingerprint density at radius 2 is 2.29 bits per heavy atom. The average molecular weight is 319 g/mol. The molecule has 2 N–H and O–H groups in total. The molecule has 0 radical (unpaired) electrons. The van der Waals surface area contributed by atoms with Crippen molar-refractivity contribution in [1.29, 1.82) is 0 Å². The van der Waals surface area contributed by atoms with Gasteiger partial charge in [0.1, 0.15) is 0 Å². The van der Waals surface area contributed by atoms with Crippen molar-refractivity contribution in [2.24, 2.45) is 0 Å². The molecule has 0 aromatic carbocycles. The lowest BCUT2D eigenvalue weighted by Crippen LogP contribution is -2.25. The molecule has 2 aromatic rings. The molecule has 110 valence electrons. The van der Waals surface area contributed by atoms with Gasteiger partial charge >= 0.3 is 0 Å². The van der Waals surface area contributed by atoms with Crippen LogP contribution in [0.2, 0.25) is 0 Å². The van der Waals surface area contributed by atoms with Crippen LogP contribution in [-0.4, -0.2) is 17.6 Å². The number of thiophene rings is 2. The Bertz CT molecular complexity index is 676. The molecular weight excluding hydrogens is 302 g/mol. The smallest absolute Gasteiger partial charge is 0.252 e. The van der Waals surface area contributed by atoms with Crippen LogP contribution in [0.4, 0.5) is 0 Å². The van der Waals surface area contributed by atoms with Crippen molar-refractivity contribution in [3.8, 4) is 11.8 Å². The van der Waals surface area contributed by atoms with Crippen LogP contribution in [0.15, 0.2) is 23.6 Å². The van der Waals surface area contributed by atoms with Crippen molar-refractivity contribution in [3.63, 3.8) is 0 Å². The fourth-order valence-electron chi connectivity index (χ4n) is 1.76. The van der Waals surface area contributed by atoms with Gasteiger partial charge in [0.2, 0.25) is 0 Å². The first-order valence-electron chi connectivity index (χ1n) is 6.65. The van der Waals surface area contributed by atoms with E-state index in [1.54, 1.807) is 17.4 Å². The number of aliphatic hydroxyl groups is 1. The molecule has 0 spiro atoms. The van der Waals surface area contributed by atoms with E-state index < -0.39 is 0 Å². The van der Waals surface area contributed by atoms with Crippen molar-refractivity contribution in [1.82, 2.24) is 5.32 Å². The van der Waals surface area contributed by atoms with E-state index in [-0.39, 0.29) is 18.6 Å². The molecule has 0 aliphatic carbocycles. The summed E-state index contributed by atoms with van der Waals surface area (Å²) in [6.45, 7) is 4.10. The van der Waals surface area contributed by atoms with Gasteiger partial charge in [-0.2, -0.15) is 0 Å². The zero-order valence-corrected chi connectivity index (χ0v) is 13.6. The van der Waals surface area contributed by atoms with Gasteiger partial charge in [0.05, 0.1) is 23.1 Å². The van der Waals surface area contributed by atoms with Crippen LogP contribution in [0.3, 0.4) is 0 Å². The molecule has 1 unspecified atom stereocenters. The molecule has 5 heteroatoms. The van der Waals surface area contributed by atoms with Gasteiger partial charge in [-0.05, 0) is 32.0 Å². The van der Waals surface area contributed by atoms with Crippen LogP contribution >= 0.6 is 22.7 Å². The Kier molecular flexibility index (Phi) is 5.57. The molecule has 1 atom stereocenters. The third kappa shape index (κ3) is 4.43. The van der Waals surface area contributed by atoms with E-state index in [2.05, 4.69) is 30.1 Å². The minimum Gasteiger partial charge on any atom is -0.395 e. The largest absolute Gasteiger partial charge is 0.395 e. The molecule has 0 aliphatic heterocycles. The van der Waals surface area contributed by atoms with E-state index in [0.29, 0.717) is 12.0 Å². The molecule has 1 amide bonds. The van der Waals surface area contributed by atoms with Crippen LogP contribution in [0.25, 0.3) is 0 Å². The number of aryl methyl sites for hydroxylation is 1. The minimum atomic E-state index is -0.0833. The third-order valence-corrected chi connectivity index (χ3v) is 4.87. The molecule has 2 rings (SSSR count). The zero-order valence-electron chi connectivity index (χ0n) is 12.0. The van der Waals surface area contributed by atoms with Crippen molar-refractivity contribution < 1.29 is 9.90 Å². The molecule has 2 heterocycles. The van der Waals surface area contributed by atoms with E-state index >= 15 is 0 Å². The quantitative estimate of drug-likeness (QED) is 0.849. The van der Waals surface area contributed by atoms with Gasteiger partial charge in [0.25, 0.3) is 5.91 Å². The number of hydrogen-bond acceptors (Lipinski definition) is 4. The summed E-state index contributed by atoms with van der Waals surface area (Å²) in [5, 5.41) is 13.5. The lowest BCUT2D eigenvalue weighted by molar-refractivity contribution is 0.0941. The second kappa shape index (κ2) is 7.41. The Hall–Kier alpha value is -1.61. The Labute approximate surface area is 132 Å². The number of amides is 1. The van der Waals surface area contributed by atoms with Gasteiger partial charge in [0.15, 0.2) is 0 Å². The Morgan fingerprint density at radius 3 is 2.95 bits per heavy atom. The fourth-order valence-corrected chi connectivity index (χ4v) is 3.40. The van der Waals surface area contributed by atoms with E-state index in [1.165, 1.54) is 16.2 Å². The summed E-state index contributed by atoms with van der Waals surface area (Å²) in [4.78, 5) is 15.4. The van der Waals surface area contributed by atoms with Gasteiger partial charge in [-0.25, -0.2) is 0 Å². The summed E-state index contributed by atoms with van der Waals surface area (Å²) in [6.07, 6.45) is 0.453. The number of carbonyl (C=O) groups is 1. The highest BCUT2D eigenvalue weighted by molar-refractivity contribution is 7.12. The number of carbonyl (C=O) groups excluding carboxylic acids is 1. The predicted octanol–water partition coefficient (Wildman–Crippen LogP) is 3.34. The molecule has 0 fully saturated rings. The van der Waals surface area contributed by atoms with Gasteiger partial charge < -0.3 is 10.4 Å². The van der Waals surface area contributed by atoms with Crippen LogP contribution < -0.4 is 5.32 Å². The highest BCUT2D eigenvalue weighted by Crippen LogP contribution is 2.23. The van der Waals surface area contributed by atoms with E-state index in [0.717, 1.165) is 9.75 Å². The number of rotatable bonds is 4. The average Bonchev–Trinajstić information content (AvgIpc) is 3.08. The molecule has 0 bridgehead atoms. The monoisotopic (exact) mass is 319 g/mol. The second-order valence-corrected chi connectivity index (χ2v) is 6.85. The van der Waals surface area contributed by atoms with E-state index in [9.17, 15) is 4.79 Å². The molecule has 3 nitrogen and oxygen atoms in total. The lowest BCUT2D eigenvalue weighted by Gasteiger charge is -2.11. The molecule has 2 aromatic heterocycles. The molecule has 0 saturated carbocycles. The fraction of sp³-hybridized carbons (Fsp3) is 0.312. The third-order valence-electron chi connectivity index (χ3n) is 2.85. The number of hydrogen-bond donors (Lipinski definition) is 2. The summed E-state index contributed by atoms with van der Waals surface area (Å²) in [7, 11) is 0. The van der Waals surface area contributed by atoms with Crippen LogP contribution in [0.5, 0.6) is 0 Å². The second-order valence-electron chi connectivity index (χ2n) is 4.62. The van der Waals surface area contributed by atoms with Crippen LogP contribution in [0.1, 0.15) is 44.4 Å². The van der Waals surface area contributed by atoms with Crippen LogP contribution in [0, 0.1) is 18.8 Å². The van der Waals surface area contributed by atoms with Crippen LogP contribution in [-0.2, 0) is 0 Å². The standard InChI is InChI=1S/C16H17NO2S2/c1-11-6-7-15(21-11)12(2)17-16(19)13-9-14(20-10-13)5-3-4-8-18/h6-7,9-10,12,18H,4,8H2,1-2H3,(H,17,19). The Morgan fingerprint density at radius 1 is 1.48 bits per heavy atom. The summed E-state index contributed by atoms with van der Waals surface area (Å²) in [6, 6.07) is 5.89. The minimum absolute atomic E-state index is 0.0000214.